The van der Waals surface area contributed by atoms with E-state index >= 15 is 0 Å². The molecule has 2 aromatic rings. The van der Waals surface area contributed by atoms with Crippen molar-refractivity contribution in [3.63, 3.8) is 0 Å². The third-order valence-corrected chi connectivity index (χ3v) is 4.42. The zero-order valence-electron chi connectivity index (χ0n) is 16.5. The fourth-order valence-electron chi connectivity index (χ4n) is 3.02. The number of rotatable bonds is 3. The first-order valence-electron chi connectivity index (χ1n) is 8.61. The summed E-state index contributed by atoms with van der Waals surface area (Å²) in [5.41, 5.74) is -3.38. The number of hydrogen-bond acceptors (Lipinski definition) is 2. The molecule has 156 valence electrons. The molecular weight excluding hydrogens is 384 g/mol. The molecule has 9 heteroatoms. The van der Waals surface area contributed by atoms with Crippen molar-refractivity contribution in [2.24, 2.45) is 7.05 Å². The van der Waals surface area contributed by atoms with Gasteiger partial charge in [-0.3, -0.25) is 4.68 Å². The Kier molecular flexibility index (Phi) is 5.38. The van der Waals surface area contributed by atoms with Crippen molar-refractivity contribution in [3.05, 3.63) is 46.5 Å². The molecule has 2 rings (SSSR count). The molecule has 2 aromatic heterocycles. The molecule has 0 aromatic carbocycles. The van der Waals surface area contributed by atoms with E-state index in [1.165, 1.54) is 19.3 Å². The number of aromatic nitrogens is 3. The molecular formula is C19H23F6N3. The largest absolute Gasteiger partial charge is 0.435 e. The summed E-state index contributed by atoms with van der Waals surface area (Å²) in [4.78, 5) is 3.72. The number of alkyl halides is 6. The Balaban J connectivity index is 2.55. The zero-order chi connectivity index (χ0) is 21.7. The molecule has 0 aliphatic carbocycles. The molecule has 0 aliphatic rings. The Bertz CT molecular complexity index is 822. The van der Waals surface area contributed by atoms with Gasteiger partial charge < -0.3 is 0 Å². The zero-order valence-corrected chi connectivity index (χ0v) is 16.5. The van der Waals surface area contributed by atoms with E-state index in [0.717, 1.165) is 10.7 Å². The Labute approximate surface area is 159 Å². The van der Waals surface area contributed by atoms with Gasteiger partial charge in [-0.15, -0.1) is 0 Å². The van der Waals surface area contributed by atoms with E-state index in [2.05, 4.69) is 10.1 Å². The van der Waals surface area contributed by atoms with Crippen LogP contribution in [0.15, 0.2) is 18.3 Å². The highest BCUT2D eigenvalue weighted by molar-refractivity contribution is 5.34. The first-order valence-corrected chi connectivity index (χ1v) is 8.61. The Morgan fingerprint density at radius 3 is 1.86 bits per heavy atom. The molecule has 0 atom stereocenters. The van der Waals surface area contributed by atoms with Crippen molar-refractivity contribution in [1.29, 1.82) is 0 Å². The van der Waals surface area contributed by atoms with Crippen molar-refractivity contribution in [1.82, 2.24) is 14.8 Å². The average molecular weight is 407 g/mol. The fraction of sp³-hybridized carbons (Fsp3) is 0.579. The lowest BCUT2D eigenvalue weighted by molar-refractivity contribution is -0.142. The quantitative estimate of drug-likeness (QED) is 0.614. The summed E-state index contributed by atoms with van der Waals surface area (Å²) < 4.78 is 80.9. The van der Waals surface area contributed by atoms with Gasteiger partial charge in [0.25, 0.3) is 0 Å². The molecule has 0 saturated carbocycles. The van der Waals surface area contributed by atoms with Crippen LogP contribution in [-0.2, 0) is 36.7 Å². The molecule has 0 radical (unpaired) electrons. The van der Waals surface area contributed by atoms with E-state index in [-0.39, 0.29) is 23.2 Å². The first kappa shape index (κ1) is 22.2. The summed E-state index contributed by atoms with van der Waals surface area (Å²) >= 11 is 0. The van der Waals surface area contributed by atoms with Crippen LogP contribution >= 0.6 is 0 Å². The van der Waals surface area contributed by atoms with E-state index in [4.69, 9.17) is 0 Å². The summed E-state index contributed by atoms with van der Waals surface area (Å²) in [5, 5.41) is 3.50. The number of pyridine rings is 1. The number of aryl methyl sites for hydroxylation is 1. The lowest BCUT2D eigenvalue weighted by Gasteiger charge is -2.27. The van der Waals surface area contributed by atoms with Crippen LogP contribution in [0, 0.1) is 0 Å². The van der Waals surface area contributed by atoms with E-state index in [1.807, 2.05) is 0 Å². The van der Waals surface area contributed by atoms with E-state index < -0.39 is 34.6 Å². The summed E-state index contributed by atoms with van der Waals surface area (Å²) in [7, 11) is 1.38. The van der Waals surface area contributed by atoms with Crippen LogP contribution in [0.5, 0.6) is 0 Å². The minimum absolute atomic E-state index is 0.0313. The minimum atomic E-state index is -4.65. The summed E-state index contributed by atoms with van der Waals surface area (Å²) in [6, 6.07) is 2.43. The Hall–Kier alpha value is -2.06. The normalized spacial score (nSPS) is 13.9. The second kappa shape index (κ2) is 6.77. The summed E-state index contributed by atoms with van der Waals surface area (Å²) in [5.74, 6) is 0. The first-order chi connectivity index (χ1) is 12.4. The molecule has 3 nitrogen and oxygen atoms in total. The van der Waals surface area contributed by atoms with Gasteiger partial charge in [0.05, 0.1) is 0 Å². The molecule has 0 fully saturated rings. The predicted octanol–water partition coefficient (Wildman–Crippen LogP) is 5.67. The van der Waals surface area contributed by atoms with Crippen molar-refractivity contribution in [2.75, 3.05) is 0 Å². The highest BCUT2D eigenvalue weighted by atomic mass is 19.4. The van der Waals surface area contributed by atoms with Crippen molar-refractivity contribution in [2.45, 2.75) is 64.2 Å². The van der Waals surface area contributed by atoms with Gasteiger partial charge in [-0.05, 0) is 29.5 Å². The molecule has 28 heavy (non-hydrogen) atoms. The van der Waals surface area contributed by atoms with Crippen molar-refractivity contribution < 1.29 is 26.3 Å². The summed E-state index contributed by atoms with van der Waals surface area (Å²) in [6.45, 7) is 8.31. The number of halogens is 6. The SMILES string of the molecule is Cn1cc(C(C)(C)Cc2cc(C(C)(C)C)nc(C(F)(F)F)c2)c(C(F)(F)F)n1. The predicted molar refractivity (Wildman–Crippen MR) is 92.9 cm³/mol. The average Bonchev–Trinajstić information content (AvgIpc) is 2.88. The van der Waals surface area contributed by atoms with Gasteiger partial charge in [0, 0.05) is 29.9 Å². The minimum Gasteiger partial charge on any atom is -0.275 e. The van der Waals surface area contributed by atoms with Gasteiger partial charge in [0.2, 0.25) is 0 Å². The van der Waals surface area contributed by atoms with Crippen molar-refractivity contribution in [3.8, 4) is 0 Å². The maximum atomic E-state index is 13.3. The van der Waals surface area contributed by atoms with Crippen LogP contribution in [-0.4, -0.2) is 14.8 Å². The third kappa shape index (κ3) is 4.86. The highest BCUT2D eigenvalue weighted by Gasteiger charge is 2.41. The Morgan fingerprint density at radius 2 is 1.39 bits per heavy atom. The molecule has 0 N–H and O–H groups in total. The van der Waals surface area contributed by atoms with Crippen LogP contribution in [0.1, 0.15) is 62.8 Å². The summed E-state index contributed by atoms with van der Waals surface area (Å²) in [6.07, 6.45) is -8.07. The molecule has 0 unspecified atom stereocenters. The maximum absolute atomic E-state index is 13.3. The molecule has 0 aliphatic heterocycles. The third-order valence-electron chi connectivity index (χ3n) is 4.42. The molecule has 0 spiro atoms. The topological polar surface area (TPSA) is 30.7 Å². The van der Waals surface area contributed by atoms with Crippen LogP contribution in [0.4, 0.5) is 26.3 Å². The Morgan fingerprint density at radius 1 is 0.857 bits per heavy atom. The van der Waals surface area contributed by atoms with Gasteiger partial charge in [0.1, 0.15) is 5.69 Å². The maximum Gasteiger partial charge on any atom is 0.435 e. The molecule has 0 amide bonds. The van der Waals surface area contributed by atoms with Crippen LogP contribution < -0.4 is 0 Å². The monoisotopic (exact) mass is 407 g/mol. The number of hydrogen-bond donors (Lipinski definition) is 0. The molecule has 2 heterocycles. The van der Waals surface area contributed by atoms with Gasteiger partial charge in [-0.2, -0.15) is 31.4 Å². The molecule has 0 bridgehead atoms. The second-order valence-electron chi connectivity index (χ2n) is 8.62. The van der Waals surface area contributed by atoms with Gasteiger partial charge in [0.15, 0.2) is 5.69 Å². The molecule has 0 saturated heterocycles. The van der Waals surface area contributed by atoms with Gasteiger partial charge >= 0.3 is 12.4 Å². The fourth-order valence-corrected chi connectivity index (χ4v) is 3.02. The van der Waals surface area contributed by atoms with Gasteiger partial charge in [-0.1, -0.05) is 34.6 Å². The number of nitrogens with zero attached hydrogens (tertiary/aromatic N) is 3. The van der Waals surface area contributed by atoms with E-state index in [9.17, 15) is 26.3 Å². The van der Waals surface area contributed by atoms with Crippen LogP contribution in [0.3, 0.4) is 0 Å². The van der Waals surface area contributed by atoms with Crippen LogP contribution in [0.2, 0.25) is 0 Å². The highest BCUT2D eigenvalue weighted by Crippen LogP contribution is 2.39. The van der Waals surface area contributed by atoms with Gasteiger partial charge in [-0.25, -0.2) is 4.98 Å². The lowest BCUT2D eigenvalue weighted by atomic mass is 9.78. The lowest BCUT2D eigenvalue weighted by Crippen LogP contribution is -2.25. The standard InChI is InChI=1S/C19H23F6N3/c1-16(2,3)13-7-11(8-14(26-13)18(20,21)22)9-17(4,5)12-10-28(6)27-15(12)19(23,24)25/h7-8,10H,9H2,1-6H3. The smallest absolute Gasteiger partial charge is 0.275 e. The van der Waals surface area contributed by atoms with E-state index in [0.29, 0.717) is 0 Å². The van der Waals surface area contributed by atoms with Crippen molar-refractivity contribution >= 4 is 0 Å². The second-order valence-corrected chi connectivity index (χ2v) is 8.62. The van der Waals surface area contributed by atoms with E-state index in [1.54, 1.807) is 34.6 Å². The van der Waals surface area contributed by atoms with Crippen LogP contribution in [0.25, 0.3) is 0 Å².